The minimum Gasteiger partial charge on any atom is -0.344 e. The van der Waals surface area contributed by atoms with Crippen molar-refractivity contribution in [2.75, 3.05) is 6.61 Å². The number of hydrogen-bond acceptors (Lipinski definition) is 4. The molecule has 0 aromatic heterocycles. The summed E-state index contributed by atoms with van der Waals surface area (Å²) in [6, 6.07) is 0. The zero-order valence-corrected chi connectivity index (χ0v) is 7.07. The van der Waals surface area contributed by atoms with Crippen molar-refractivity contribution in [2.45, 2.75) is 0 Å². The summed E-state index contributed by atoms with van der Waals surface area (Å²) in [5, 5.41) is 0. The third kappa shape index (κ3) is 6.00. The molecule has 10 heavy (non-hydrogen) atoms. The van der Waals surface area contributed by atoms with E-state index in [-0.39, 0.29) is 12.8 Å². The van der Waals surface area contributed by atoms with E-state index in [4.69, 9.17) is 4.10 Å². The van der Waals surface area contributed by atoms with Crippen LogP contribution < -0.4 is 6.15 Å². The van der Waals surface area contributed by atoms with E-state index in [0.717, 1.165) is 0 Å². The molecule has 5 nitrogen and oxygen atoms in total. The van der Waals surface area contributed by atoms with E-state index in [9.17, 15) is 8.27 Å². The SMILES string of the molecule is C=CCO[As](=O)(O)OF.N. The number of halogens is 1. The Balaban J connectivity index is 0. The Morgan fingerprint density at radius 1 is 1.80 bits per heavy atom. The summed E-state index contributed by atoms with van der Waals surface area (Å²) < 4.78 is 35.9. The Kier molecular flexibility index (Phi) is 7.07. The minimum absolute atomic E-state index is 0. The standard InChI is InChI=1S/C3H6AsFO4.H3N/c1-2-3-8-4(6,7)9-5;/h2H,1,3H2,(H,6,7);1H3. The third-order valence-electron chi connectivity index (χ3n) is 0.443. The predicted octanol–water partition coefficient (Wildman–Crippen LogP) is 0.110. The second-order valence-corrected chi connectivity index (χ2v) is 3.92. The first-order valence-electron chi connectivity index (χ1n) is 2.01. The molecule has 7 heteroatoms. The third-order valence-corrected chi connectivity index (χ3v) is 1.81. The van der Waals surface area contributed by atoms with Crippen molar-refractivity contribution in [2.24, 2.45) is 0 Å². The average molecular weight is 217 g/mol. The maximum Gasteiger partial charge on any atom is -0.344 e. The molecule has 0 rings (SSSR count). The molecule has 0 bridgehead atoms. The smallest absolute Gasteiger partial charge is 0.344 e. The van der Waals surface area contributed by atoms with Crippen molar-refractivity contribution in [1.82, 2.24) is 6.15 Å². The Morgan fingerprint density at radius 3 is 2.60 bits per heavy atom. The van der Waals surface area contributed by atoms with E-state index in [1.807, 2.05) is 0 Å². The van der Waals surface area contributed by atoms with Crippen LogP contribution in [-0.4, -0.2) is 25.2 Å². The van der Waals surface area contributed by atoms with E-state index in [2.05, 4.69) is 14.2 Å². The van der Waals surface area contributed by atoms with E-state index in [1.165, 1.54) is 6.08 Å². The van der Waals surface area contributed by atoms with Crippen molar-refractivity contribution in [3.63, 3.8) is 0 Å². The Bertz CT molecular complexity index is 140. The van der Waals surface area contributed by atoms with Crippen LogP contribution in [0.1, 0.15) is 0 Å². The normalized spacial score (nSPS) is 15.0. The topological polar surface area (TPSA) is 90.8 Å². The van der Waals surface area contributed by atoms with Crippen LogP contribution in [-0.2, 0) is 11.4 Å². The van der Waals surface area contributed by atoms with E-state index in [0.29, 0.717) is 0 Å². The predicted molar refractivity (Wildman–Crippen MR) is 32.0 cm³/mol. The Labute approximate surface area is 60.7 Å². The van der Waals surface area contributed by atoms with Crippen LogP contribution >= 0.6 is 0 Å². The van der Waals surface area contributed by atoms with Crippen molar-refractivity contribution < 1.29 is 20.0 Å². The molecule has 0 heterocycles. The molecule has 0 saturated heterocycles. The van der Waals surface area contributed by atoms with Gasteiger partial charge in [-0.3, -0.25) is 0 Å². The molecule has 1 atom stereocenters. The number of rotatable bonds is 4. The van der Waals surface area contributed by atoms with Crippen molar-refractivity contribution >= 4 is 14.5 Å². The van der Waals surface area contributed by atoms with Gasteiger partial charge in [-0.2, -0.15) is 0 Å². The second kappa shape index (κ2) is 5.64. The molecule has 0 aliphatic heterocycles. The fourth-order valence-electron chi connectivity index (χ4n) is 0.167. The summed E-state index contributed by atoms with van der Waals surface area (Å²) in [6.45, 7) is 2.98. The second-order valence-electron chi connectivity index (χ2n) is 1.12. The van der Waals surface area contributed by atoms with Gasteiger partial charge in [-0.25, -0.2) is 0 Å². The van der Waals surface area contributed by atoms with Crippen LogP contribution in [0, 0.1) is 0 Å². The van der Waals surface area contributed by atoms with E-state index < -0.39 is 14.5 Å². The summed E-state index contributed by atoms with van der Waals surface area (Å²) >= 11 is -4.99. The quantitative estimate of drug-likeness (QED) is 0.515. The van der Waals surface area contributed by atoms with Crippen molar-refractivity contribution in [3.8, 4) is 0 Å². The minimum atomic E-state index is -4.99. The van der Waals surface area contributed by atoms with Gasteiger partial charge in [0.15, 0.2) is 0 Å². The molecule has 0 amide bonds. The molecule has 0 aromatic rings. The molecule has 0 aromatic carbocycles. The fraction of sp³-hybridized carbons (Fsp3) is 0.333. The van der Waals surface area contributed by atoms with Gasteiger partial charge in [0.1, 0.15) is 0 Å². The molecular weight excluding hydrogens is 208 g/mol. The first-order valence-corrected chi connectivity index (χ1v) is 5.14. The summed E-state index contributed by atoms with van der Waals surface area (Å²) in [7, 11) is 0. The molecule has 0 spiro atoms. The molecule has 0 fully saturated rings. The van der Waals surface area contributed by atoms with Crippen molar-refractivity contribution in [3.05, 3.63) is 12.7 Å². The molecule has 1 unspecified atom stereocenters. The average Bonchev–Trinajstić information content (AvgIpc) is 1.84. The maximum atomic E-state index is 10.9. The molecular formula is C3H9AsFNO4. The van der Waals surface area contributed by atoms with Gasteiger partial charge >= 0.3 is 53.8 Å². The summed E-state index contributed by atoms with van der Waals surface area (Å²) in [4.78, 5) is 0. The molecule has 0 radical (unpaired) electrons. The molecule has 62 valence electrons. The van der Waals surface area contributed by atoms with Gasteiger partial charge in [0.25, 0.3) is 0 Å². The zero-order chi connectivity index (χ0) is 7.33. The van der Waals surface area contributed by atoms with Gasteiger partial charge in [-0.15, -0.1) is 0 Å². The Morgan fingerprint density at radius 2 is 2.30 bits per heavy atom. The fourth-order valence-corrected chi connectivity index (χ4v) is 0.867. The van der Waals surface area contributed by atoms with Crippen LogP contribution in [0.2, 0.25) is 0 Å². The molecule has 0 saturated carbocycles. The summed E-state index contributed by atoms with van der Waals surface area (Å²) in [6.07, 6.45) is 1.21. The first kappa shape index (κ1) is 12.5. The van der Waals surface area contributed by atoms with E-state index in [1.54, 1.807) is 0 Å². The van der Waals surface area contributed by atoms with Crippen LogP contribution in [0.15, 0.2) is 12.7 Å². The van der Waals surface area contributed by atoms with Crippen LogP contribution in [0.5, 0.6) is 0 Å². The first-order chi connectivity index (χ1) is 4.12. The largest absolute Gasteiger partial charge is 0.344 e. The Hall–Kier alpha value is -0.132. The number of hydrogen-bond donors (Lipinski definition) is 2. The van der Waals surface area contributed by atoms with Gasteiger partial charge < -0.3 is 6.15 Å². The molecule has 0 aliphatic carbocycles. The van der Waals surface area contributed by atoms with Crippen molar-refractivity contribution in [1.29, 1.82) is 0 Å². The van der Waals surface area contributed by atoms with Gasteiger partial charge in [0, 0.05) is 0 Å². The van der Waals surface area contributed by atoms with Crippen LogP contribution in [0.3, 0.4) is 0 Å². The maximum absolute atomic E-state index is 10.9. The monoisotopic (exact) mass is 217 g/mol. The van der Waals surface area contributed by atoms with Crippen LogP contribution in [0.4, 0.5) is 4.53 Å². The molecule has 4 N–H and O–H groups in total. The zero-order valence-electron chi connectivity index (χ0n) is 5.20. The summed E-state index contributed by atoms with van der Waals surface area (Å²) in [5.74, 6) is 0. The van der Waals surface area contributed by atoms with Gasteiger partial charge in [-0.05, 0) is 0 Å². The summed E-state index contributed by atoms with van der Waals surface area (Å²) in [5.41, 5.74) is 0. The van der Waals surface area contributed by atoms with Gasteiger partial charge in [0.2, 0.25) is 0 Å². The van der Waals surface area contributed by atoms with Gasteiger partial charge in [-0.1, -0.05) is 0 Å². The molecule has 0 aliphatic rings. The van der Waals surface area contributed by atoms with Crippen LogP contribution in [0.25, 0.3) is 0 Å². The van der Waals surface area contributed by atoms with E-state index >= 15 is 0 Å². The van der Waals surface area contributed by atoms with Gasteiger partial charge in [0.05, 0.1) is 0 Å².